The second-order valence-electron chi connectivity index (χ2n) is 10.1. The highest BCUT2D eigenvalue weighted by atomic mass is 35.5. The molecule has 0 saturated carbocycles. The van der Waals surface area contributed by atoms with Crippen LogP contribution in [0.15, 0.2) is 84.9 Å². The molecule has 2 atom stereocenters. The zero-order valence-electron chi connectivity index (χ0n) is 20.2. The van der Waals surface area contributed by atoms with Crippen LogP contribution in [0.5, 0.6) is 0 Å². The maximum Gasteiger partial charge on any atom is 0.236 e. The summed E-state index contributed by atoms with van der Waals surface area (Å²) in [7, 11) is 0. The van der Waals surface area contributed by atoms with Gasteiger partial charge in [0, 0.05) is 23.8 Å². The summed E-state index contributed by atoms with van der Waals surface area (Å²) in [4.78, 5) is 31.2. The molecular formula is C30H31ClN2O2. The molecule has 2 heterocycles. The Morgan fingerprint density at radius 2 is 1.46 bits per heavy atom. The van der Waals surface area contributed by atoms with Crippen LogP contribution in [-0.4, -0.2) is 29.8 Å². The summed E-state index contributed by atoms with van der Waals surface area (Å²) in [5.41, 5.74) is 2.55. The SMILES string of the molecule is CC(C)C(C(=O)N1CCC2(CC1)C(=O)N(c1ccccc1)C2c1ccc(Cl)cc1)c1ccccc1. The predicted octanol–water partition coefficient (Wildman–Crippen LogP) is 6.48. The first kappa shape index (κ1) is 23.6. The number of likely N-dealkylation sites (tertiary alicyclic amines) is 1. The van der Waals surface area contributed by atoms with Gasteiger partial charge in [-0.15, -0.1) is 0 Å². The Morgan fingerprint density at radius 1 is 0.886 bits per heavy atom. The lowest BCUT2D eigenvalue weighted by Gasteiger charge is -2.59. The Balaban J connectivity index is 1.40. The lowest BCUT2D eigenvalue weighted by atomic mass is 9.62. The normalized spacial score (nSPS) is 20.1. The van der Waals surface area contributed by atoms with Crippen molar-refractivity contribution in [2.75, 3.05) is 18.0 Å². The number of carbonyl (C=O) groups is 2. The summed E-state index contributed by atoms with van der Waals surface area (Å²) < 4.78 is 0. The largest absolute Gasteiger partial charge is 0.342 e. The number of anilines is 1. The van der Waals surface area contributed by atoms with Crippen LogP contribution >= 0.6 is 11.6 Å². The number of nitrogens with zero attached hydrogens (tertiary/aromatic N) is 2. The number of β-lactam (4-membered cyclic amide) rings is 1. The molecule has 4 nitrogen and oxygen atoms in total. The van der Waals surface area contributed by atoms with Gasteiger partial charge < -0.3 is 9.80 Å². The van der Waals surface area contributed by atoms with Gasteiger partial charge in [-0.05, 0) is 54.2 Å². The lowest BCUT2D eigenvalue weighted by molar-refractivity contribution is -0.150. The molecule has 2 aliphatic rings. The van der Waals surface area contributed by atoms with Crippen molar-refractivity contribution in [3.05, 3.63) is 101 Å². The average molecular weight is 487 g/mol. The molecular weight excluding hydrogens is 456 g/mol. The summed E-state index contributed by atoms with van der Waals surface area (Å²) in [5.74, 6) is 0.340. The fourth-order valence-electron chi connectivity index (χ4n) is 5.91. The van der Waals surface area contributed by atoms with Crippen LogP contribution in [0.3, 0.4) is 0 Å². The van der Waals surface area contributed by atoms with Gasteiger partial charge in [-0.1, -0.05) is 86.1 Å². The molecule has 2 fully saturated rings. The molecule has 0 radical (unpaired) electrons. The van der Waals surface area contributed by atoms with Crippen LogP contribution in [-0.2, 0) is 9.59 Å². The molecule has 0 aromatic heterocycles. The molecule has 1 spiro atoms. The first-order chi connectivity index (χ1) is 16.9. The molecule has 5 heteroatoms. The molecule has 2 amide bonds. The monoisotopic (exact) mass is 486 g/mol. The second kappa shape index (κ2) is 9.50. The molecule has 180 valence electrons. The van der Waals surface area contributed by atoms with E-state index < -0.39 is 5.41 Å². The van der Waals surface area contributed by atoms with E-state index in [1.165, 1.54) is 0 Å². The number of rotatable bonds is 5. The first-order valence-electron chi connectivity index (χ1n) is 12.4. The summed E-state index contributed by atoms with van der Waals surface area (Å²) in [6.07, 6.45) is 1.32. The number of hydrogen-bond donors (Lipinski definition) is 0. The quantitative estimate of drug-likeness (QED) is 0.387. The number of benzene rings is 3. The van der Waals surface area contributed by atoms with Gasteiger partial charge in [-0.25, -0.2) is 0 Å². The molecule has 2 aliphatic heterocycles. The van der Waals surface area contributed by atoms with Crippen LogP contribution in [0, 0.1) is 11.3 Å². The summed E-state index contributed by atoms with van der Waals surface area (Å²) in [5, 5.41) is 0.681. The molecule has 3 aromatic rings. The predicted molar refractivity (Wildman–Crippen MR) is 140 cm³/mol. The van der Waals surface area contributed by atoms with Crippen LogP contribution < -0.4 is 4.90 Å². The Bertz CT molecular complexity index is 1190. The van der Waals surface area contributed by atoms with E-state index in [0.717, 1.165) is 16.8 Å². The van der Waals surface area contributed by atoms with Crippen molar-refractivity contribution in [2.45, 2.75) is 38.6 Å². The molecule has 2 unspecified atom stereocenters. The van der Waals surface area contributed by atoms with E-state index in [2.05, 4.69) is 13.8 Å². The highest BCUT2D eigenvalue weighted by molar-refractivity contribution is 6.30. The maximum absolute atomic E-state index is 13.7. The number of hydrogen-bond acceptors (Lipinski definition) is 2. The Labute approximate surface area is 212 Å². The van der Waals surface area contributed by atoms with E-state index in [4.69, 9.17) is 11.6 Å². The van der Waals surface area contributed by atoms with Crippen molar-refractivity contribution < 1.29 is 9.59 Å². The van der Waals surface area contributed by atoms with Gasteiger partial charge in [-0.2, -0.15) is 0 Å². The number of amides is 2. The smallest absolute Gasteiger partial charge is 0.236 e. The number of carbonyl (C=O) groups excluding carboxylic acids is 2. The summed E-state index contributed by atoms with van der Waals surface area (Å²) in [6, 6.07) is 27.7. The second-order valence-corrected chi connectivity index (χ2v) is 10.5. The van der Waals surface area contributed by atoms with Crippen LogP contribution in [0.2, 0.25) is 5.02 Å². The van der Waals surface area contributed by atoms with Crippen LogP contribution in [0.1, 0.15) is 49.8 Å². The summed E-state index contributed by atoms with van der Waals surface area (Å²) >= 11 is 6.17. The van der Waals surface area contributed by atoms with Gasteiger partial charge in [0.25, 0.3) is 0 Å². The van der Waals surface area contributed by atoms with E-state index in [1.807, 2.05) is 94.7 Å². The van der Waals surface area contributed by atoms with E-state index in [-0.39, 0.29) is 29.7 Å². The van der Waals surface area contributed by atoms with Crippen molar-refractivity contribution in [3.63, 3.8) is 0 Å². The highest BCUT2D eigenvalue weighted by Crippen LogP contribution is 2.57. The third-order valence-corrected chi connectivity index (χ3v) is 7.96. The van der Waals surface area contributed by atoms with E-state index in [0.29, 0.717) is 31.0 Å². The summed E-state index contributed by atoms with van der Waals surface area (Å²) in [6.45, 7) is 5.39. The Hall–Kier alpha value is -3.11. The van der Waals surface area contributed by atoms with Crippen molar-refractivity contribution >= 4 is 29.1 Å². The molecule has 0 N–H and O–H groups in total. The van der Waals surface area contributed by atoms with Gasteiger partial charge in [0.2, 0.25) is 11.8 Å². The first-order valence-corrected chi connectivity index (χ1v) is 12.8. The minimum Gasteiger partial charge on any atom is -0.342 e. The van der Waals surface area contributed by atoms with Crippen molar-refractivity contribution in [1.82, 2.24) is 4.90 Å². The number of piperidine rings is 1. The topological polar surface area (TPSA) is 40.6 Å². The number of para-hydroxylation sites is 1. The van der Waals surface area contributed by atoms with Gasteiger partial charge in [0.1, 0.15) is 0 Å². The lowest BCUT2D eigenvalue weighted by Crippen LogP contribution is -2.67. The minimum atomic E-state index is -0.499. The van der Waals surface area contributed by atoms with Gasteiger partial charge in [-0.3, -0.25) is 9.59 Å². The van der Waals surface area contributed by atoms with Crippen LogP contribution in [0.4, 0.5) is 5.69 Å². The minimum absolute atomic E-state index is 0.0677. The molecule has 5 rings (SSSR count). The van der Waals surface area contributed by atoms with E-state index in [1.54, 1.807) is 0 Å². The molecule has 3 aromatic carbocycles. The average Bonchev–Trinajstić information content (AvgIpc) is 2.89. The van der Waals surface area contributed by atoms with Crippen molar-refractivity contribution in [1.29, 1.82) is 0 Å². The number of halogens is 1. The fourth-order valence-corrected chi connectivity index (χ4v) is 6.03. The molecule has 2 saturated heterocycles. The zero-order chi connectivity index (χ0) is 24.6. The van der Waals surface area contributed by atoms with Gasteiger partial charge in [0.05, 0.1) is 17.4 Å². The van der Waals surface area contributed by atoms with Crippen molar-refractivity contribution in [3.8, 4) is 0 Å². The van der Waals surface area contributed by atoms with Gasteiger partial charge in [0.15, 0.2) is 0 Å². The third kappa shape index (κ3) is 4.14. The Kier molecular flexibility index (Phi) is 6.41. The van der Waals surface area contributed by atoms with Gasteiger partial charge >= 0.3 is 0 Å². The third-order valence-electron chi connectivity index (χ3n) is 7.71. The molecule has 35 heavy (non-hydrogen) atoms. The maximum atomic E-state index is 13.7. The van der Waals surface area contributed by atoms with E-state index >= 15 is 0 Å². The zero-order valence-corrected chi connectivity index (χ0v) is 21.0. The Morgan fingerprint density at radius 3 is 2.03 bits per heavy atom. The van der Waals surface area contributed by atoms with Crippen molar-refractivity contribution in [2.24, 2.45) is 11.3 Å². The highest BCUT2D eigenvalue weighted by Gasteiger charge is 2.62. The fraction of sp³-hybridized carbons (Fsp3) is 0.333. The van der Waals surface area contributed by atoms with E-state index in [9.17, 15) is 9.59 Å². The standard InChI is InChI=1S/C30H31ClN2O2/c1-21(2)26(22-9-5-3-6-10-22)28(34)32-19-17-30(18-20-32)27(23-13-15-24(31)16-14-23)33(29(30)35)25-11-7-4-8-12-25/h3-16,21,26-27H,17-20H2,1-2H3. The van der Waals surface area contributed by atoms with Crippen LogP contribution in [0.25, 0.3) is 0 Å². The molecule has 0 bridgehead atoms. The molecule has 0 aliphatic carbocycles.